The number of sulfonamides is 1. The van der Waals surface area contributed by atoms with Gasteiger partial charge in [-0.25, -0.2) is 22.9 Å². The van der Waals surface area contributed by atoms with Crippen molar-refractivity contribution in [3.05, 3.63) is 11.2 Å². The van der Waals surface area contributed by atoms with Crippen LogP contribution in [0.5, 0.6) is 0 Å². The lowest BCUT2D eigenvalue weighted by Gasteiger charge is -2.23. The highest BCUT2D eigenvalue weighted by molar-refractivity contribution is 7.91. The number of hydrogen-bond donors (Lipinski definition) is 2. The average molecular weight is 305 g/mol. The molecule has 0 aliphatic carbocycles. The van der Waals surface area contributed by atoms with Crippen molar-refractivity contribution in [2.45, 2.75) is 23.1 Å². The zero-order valence-electron chi connectivity index (χ0n) is 10.4. The smallest absolute Gasteiger partial charge is 0.358 e. The van der Waals surface area contributed by atoms with Crippen LogP contribution >= 0.6 is 11.3 Å². The predicted molar refractivity (Wildman–Crippen MR) is 69.7 cm³/mol. The lowest BCUT2D eigenvalue weighted by Crippen LogP contribution is -2.45. The third-order valence-electron chi connectivity index (χ3n) is 2.78. The number of rotatable bonds is 4. The standard InChI is InChI=1S/C10H15N3O4S2/c1-17-9(14)8-10(18-6-12-8)19(15,16)13-7-3-2-4-11-5-7/h6-7,11,13H,2-5H2,1H3/t7-/m1/s1. The maximum Gasteiger partial charge on any atom is 0.358 e. The van der Waals surface area contributed by atoms with Gasteiger partial charge in [0.2, 0.25) is 0 Å². The number of aromatic nitrogens is 1. The number of carbonyl (C=O) groups is 1. The number of esters is 1. The van der Waals surface area contributed by atoms with Gasteiger partial charge in [-0.05, 0) is 19.4 Å². The van der Waals surface area contributed by atoms with Gasteiger partial charge >= 0.3 is 5.97 Å². The fraction of sp³-hybridized carbons (Fsp3) is 0.600. The lowest BCUT2D eigenvalue weighted by molar-refractivity contribution is 0.0590. The van der Waals surface area contributed by atoms with E-state index in [0.717, 1.165) is 30.7 Å². The van der Waals surface area contributed by atoms with E-state index in [9.17, 15) is 13.2 Å². The largest absolute Gasteiger partial charge is 0.464 e. The van der Waals surface area contributed by atoms with Crippen LogP contribution in [-0.2, 0) is 14.8 Å². The maximum atomic E-state index is 12.2. The first-order chi connectivity index (χ1) is 9.04. The minimum absolute atomic E-state index is 0.0927. The SMILES string of the molecule is COC(=O)c1ncsc1S(=O)(=O)N[C@@H]1CCCNC1. The van der Waals surface area contributed by atoms with Gasteiger partial charge in [-0.15, -0.1) is 11.3 Å². The van der Waals surface area contributed by atoms with Crippen molar-refractivity contribution < 1.29 is 17.9 Å². The molecule has 0 aromatic carbocycles. The second-order valence-electron chi connectivity index (χ2n) is 4.14. The fourth-order valence-electron chi connectivity index (χ4n) is 1.88. The van der Waals surface area contributed by atoms with Crippen molar-refractivity contribution in [2.75, 3.05) is 20.2 Å². The summed E-state index contributed by atoms with van der Waals surface area (Å²) in [6, 6.07) is -0.161. The van der Waals surface area contributed by atoms with Crippen molar-refractivity contribution >= 4 is 27.3 Å². The Hall–Kier alpha value is -1.03. The number of nitrogens with zero attached hydrogens (tertiary/aromatic N) is 1. The fourth-order valence-corrected chi connectivity index (χ4v) is 4.30. The Morgan fingerprint density at radius 1 is 1.63 bits per heavy atom. The number of methoxy groups -OCH3 is 1. The zero-order valence-corrected chi connectivity index (χ0v) is 12.0. The summed E-state index contributed by atoms with van der Waals surface area (Å²) < 4.78 is 31.5. The summed E-state index contributed by atoms with van der Waals surface area (Å²) in [4.78, 5) is 15.2. The molecule has 1 saturated heterocycles. The first-order valence-corrected chi connectivity index (χ1v) is 8.15. The van der Waals surface area contributed by atoms with Crippen molar-refractivity contribution in [3.63, 3.8) is 0 Å². The van der Waals surface area contributed by atoms with E-state index in [0.29, 0.717) is 6.54 Å². The van der Waals surface area contributed by atoms with E-state index in [1.54, 1.807) is 0 Å². The third-order valence-corrected chi connectivity index (χ3v) is 5.67. The van der Waals surface area contributed by atoms with Crippen molar-refractivity contribution in [1.29, 1.82) is 0 Å². The topological polar surface area (TPSA) is 97.4 Å². The number of nitrogens with one attached hydrogen (secondary N) is 2. The van der Waals surface area contributed by atoms with Gasteiger partial charge in [0.05, 0.1) is 12.6 Å². The van der Waals surface area contributed by atoms with E-state index >= 15 is 0 Å². The number of hydrogen-bond acceptors (Lipinski definition) is 7. The van der Waals surface area contributed by atoms with Crippen molar-refractivity contribution in [3.8, 4) is 0 Å². The van der Waals surface area contributed by atoms with Gasteiger partial charge in [0.1, 0.15) is 0 Å². The van der Waals surface area contributed by atoms with E-state index < -0.39 is 16.0 Å². The molecule has 2 N–H and O–H groups in total. The van der Waals surface area contributed by atoms with Crippen LogP contribution in [0, 0.1) is 0 Å². The maximum absolute atomic E-state index is 12.2. The van der Waals surface area contributed by atoms with Crippen molar-refractivity contribution in [2.24, 2.45) is 0 Å². The molecule has 2 heterocycles. The van der Waals surface area contributed by atoms with Crippen LogP contribution in [0.15, 0.2) is 9.72 Å². The molecule has 1 fully saturated rings. The van der Waals surface area contributed by atoms with E-state index in [-0.39, 0.29) is 15.9 Å². The summed E-state index contributed by atoms with van der Waals surface area (Å²) in [6.45, 7) is 1.48. The van der Waals surface area contributed by atoms with Gasteiger partial charge in [0.15, 0.2) is 9.90 Å². The molecule has 1 aromatic rings. The Kier molecular flexibility index (Phi) is 4.50. The molecule has 19 heavy (non-hydrogen) atoms. The summed E-state index contributed by atoms with van der Waals surface area (Å²) in [5, 5.41) is 3.12. The first kappa shape index (κ1) is 14.4. The highest BCUT2D eigenvalue weighted by Gasteiger charge is 2.29. The molecule has 0 spiro atoms. The van der Waals surface area contributed by atoms with Crippen LogP contribution in [0.25, 0.3) is 0 Å². The molecule has 106 valence electrons. The van der Waals surface area contributed by atoms with E-state index in [2.05, 4.69) is 19.8 Å². The van der Waals surface area contributed by atoms with Gasteiger partial charge in [0, 0.05) is 12.6 Å². The molecule has 7 nitrogen and oxygen atoms in total. The zero-order chi connectivity index (χ0) is 13.9. The van der Waals surface area contributed by atoms with Gasteiger partial charge in [0.25, 0.3) is 10.0 Å². The molecular formula is C10H15N3O4S2. The molecule has 2 rings (SSSR count). The Morgan fingerprint density at radius 3 is 3.05 bits per heavy atom. The summed E-state index contributed by atoms with van der Waals surface area (Å²) in [6.07, 6.45) is 1.69. The van der Waals surface area contributed by atoms with Gasteiger partial charge in [-0.3, -0.25) is 0 Å². The first-order valence-electron chi connectivity index (χ1n) is 5.79. The van der Waals surface area contributed by atoms with Crippen LogP contribution in [-0.4, -0.2) is 45.6 Å². The second kappa shape index (κ2) is 5.95. The lowest BCUT2D eigenvalue weighted by atomic mass is 10.1. The molecule has 9 heteroatoms. The van der Waals surface area contributed by atoms with E-state index in [1.165, 1.54) is 12.6 Å². The number of piperidine rings is 1. The van der Waals surface area contributed by atoms with E-state index in [1.807, 2.05) is 0 Å². The predicted octanol–water partition coefficient (Wildman–Crippen LogP) is -0.0400. The number of ether oxygens (including phenoxy) is 1. The van der Waals surface area contributed by atoms with Gasteiger partial charge in [-0.1, -0.05) is 0 Å². The van der Waals surface area contributed by atoms with Crippen molar-refractivity contribution in [1.82, 2.24) is 15.0 Å². The third kappa shape index (κ3) is 3.30. The van der Waals surface area contributed by atoms with Crippen LogP contribution in [0.3, 0.4) is 0 Å². The monoisotopic (exact) mass is 305 g/mol. The summed E-state index contributed by atoms with van der Waals surface area (Å²) >= 11 is 0.906. The van der Waals surface area contributed by atoms with E-state index in [4.69, 9.17) is 0 Å². The minimum atomic E-state index is -3.74. The molecule has 0 amide bonds. The highest BCUT2D eigenvalue weighted by atomic mass is 32.2. The second-order valence-corrected chi connectivity index (χ2v) is 6.91. The van der Waals surface area contributed by atoms with Crippen LogP contribution in [0.2, 0.25) is 0 Å². The van der Waals surface area contributed by atoms with Crippen LogP contribution < -0.4 is 10.0 Å². The Balaban J connectivity index is 2.19. The minimum Gasteiger partial charge on any atom is -0.464 e. The summed E-state index contributed by atoms with van der Waals surface area (Å²) in [7, 11) is -2.55. The van der Waals surface area contributed by atoms with Crippen LogP contribution in [0.1, 0.15) is 23.3 Å². The summed E-state index contributed by atoms with van der Waals surface area (Å²) in [5.41, 5.74) is 1.16. The quantitative estimate of drug-likeness (QED) is 0.758. The Morgan fingerprint density at radius 2 is 2.42 bits per heavy atom. The molecule has 0 saturated carbocycles. The van der Waals surface area contributed by atoms with Gasteiger partial charge < -0.3 is 10.1 Å². The molecule has 0 radical (unpaired) electrons. The molecule has 0 unspecified atom stereocenters. The van der Waals surface area contributed by atoms with Crippen LogP contribution in [0.4, 0.5) is 0 Å². The molecule has 1 atom stereocenters. The molecule has 1 aliphatic rings. The number of thiazole rings is 1. The number of carbonyl (C=O) groups excluding carboxylic acids is 1. The van der Waals surface area contributed by atoms with Gasteiger partial charge in [-0.2, -0.15) is 0 Å². The summed E-state index contributed by atoms with van der Waals surface area (Å²) in [5.74, 6) is -0.747. The average Bonchev–Trinajstić information content (AvgIpc) is 2.88. The molecule has 1 aromatic heterocycles. The molecule has 1 aliphatic heterocycles. The Labute approximate surface area is 115 Å². The Bertz CT molecular complexity index is 549. The normalized spacial score (nSPS) is 20.2. The molecule has 0 bridgehead atoms. The molecular weight excluding hydrogens is 290 g/mol. The highest BCUT2D eigenvalue weighted by Crippen LogP contribution is 2.21.